The first kappa shape index (κ1) is 20.0. The molecule has 2 heterocycles. The first-order valence-corrected chi connectivity index (χ1v) is 9.42. The summed E-state index contributed by atoms with van der Waals surface area (Å²) >= 11 is 6.88. The number of nitrogens with zero attached hydrogens (tertiary/aromatic N) is 4. The molecule has 11 heteroatoms. The van der Waals surface area contributed by atoms with E-state index in [9.17, 15) is 9.59 Å². The van der Waals surface area contributed by atoms with Gasteiger partial charge in [0.15, 0.2) is 11.5 Å². The Morgan fingerprint density at radius 2 is 2.00 bits per heavy atom. The van der Waals surface area contributed by atoms with Crippen LogP contribution in [0.25, 0.3) is 10.9 Å². The molecule has 2 aromatic heterocycles. The standard InChI is InChI=1S/C17H17ClN4O5S/c1-25-13-6-10-11(7-14(13)26-2)19-9-22(17(10)24)5-3-4-15(23)27-8-12-16(18)28-21-20-12/h6-7,9H,3-5,8H2,1-2H3. The van der Waals surface area contributed by atoms with E-state index in [2.05, 4.69) is 14.6 Å². The molecule has 0 N–H and O–H groups in total. The number of rotatable bonds is 8. The molecule has 9 nitrogen and oxygen atoms in total. The summed E-state index contributed by atoms with van der Waals surface area (Å²) in [5, 5.41) is 4.18. The third-order valence-electron chi connectivity index (χ3n) is 3.99. The van der Waals surface area contributed by atoms with Crippen molar-refractivity contribution < 1.29 is 19.0 Å². The van der Waals surface area contributed by atoms with Crippen LogP contribution in [0.5, 0.6) is 11.5 Å². The third kappa shape index (κ3) is 4.39. The van der Waals surface area contributed by atoms with Crippen LogP contribution >= 0.6 is 23.1 Å². The molecule has 0 aliphatic rings. The van der Waals surface area contributed by atoms with Gasteiger partial charge >= 0.3 is 5.97 Å². The van der Waals surface area contributed by atoms with Gasteiger partial charge in [-0.25, -0.2) is 4.98 Å². The zero-order valence-electron chi connectivity index (χ0n) is 15.2. The number of fused-ring (bicyclic) bond motifs is 1. The third-order valence-corrected chi connectivity index (χ3v) is 4.97. The molecule has 0 unspecified atom stereocenters. The summed E-state index contributed by atoms with van der Waals surface area (Å²) in [6.07, 6.45) is 2.01. The van der Waals surface area contributed by atoms with Crippen LogP contribution in [0.2, 0.25) is 4.34 Å². The number of hydrogen-bond donors (Lipinski definition) is 0. The number of halogens is 1. The molecule has 0 saturated heterocycles. The molecule has 0 bridgehead atoms. The van der Waals surface area contributed by atoms with Crippen LogP contribution in [-0.4, -0.2) is 39.3 Å². The summed E-state index contributed by atoms with van der Waals surface area (Å²) in [5.41, 5.74) is 0.714. The summed E-state index contributed by atoms with van der Waals surface area (Å²) in [5.74, 6) is 0.542. The number of hydrogen-bond acceptors (Lipinski definition) is 9. The van der Waals surface area contributed by atoms with E-state index in [4.69, 9.17) is 25.8 Å². The number of carbonyl (C=O) groups is 1. The number of esters is 1. The molecule has 3 rings (SSSR count). The zero-order valence-corrected chi connectivity index (χ0v) is 16.7. The van der Waals surface area contributed by atoms with Crippen molar-refractivity contribution in [1.29, 1.82) is 0 Å². The fourth-order valence-corrected chi connectivity index (χ4v) is 3.14. The second kappa shape index (κ2) is 8.98. The van der Waals surface area contributed by atoms with Crippen molar-refractivity contribution in [3.05, 3.63) is 38.8 Å². The summed E-state index contributed by atoms with van der Waals surface area (Å²) in [7, 11) is 3.02. The minimum absolute atomic E-state index is 0.0206. The van der Waals surface area contributed by atoms with Crippen LogP contribution < -0.4 is 15.0 Å². The number of aryl methyl sites for hydroxylation is 1. The van der Waals surface area contributed by atoms with Gasteiger partial charge in [-0.05, 0) is 12.5 Å². The van der Waals surface area contributed by atoms with Gasteiger partial charge in [-0.15, -0.1) is 5.10 Å². The van der Waals surface area contributed by atoms with E-state index in [1.807, 2.05) is 0 Å². The molecule has 1 aromatic carbocycles. The molecule has 0 aliphatic carbocycles. The van der Waals surface area contributed by atoms with Crippen molar-refractivity contribution in [1.82, 2.24) is 19.1 Å². The van der Waals surface area contributed by atoms with Gasteiger partial charge in [0.25, 0.3) is 5.56 Å². The van der Waals surface area contributed by atoms with E-state index in [1.54, 1.807) is 12.1 Å². The van der Waals surface area contributed by atoms with Gasteiger partial charge in [0.05, 0.1) is 31.4 Å². The van der Waals surface area contributed by atoms with E-state index < -0.39 is 5.97 Å². The smallest absolute Gasteiger partial charge is 0.306 e. The van der Waals surface area contributed by atoms with Gasteiger partial charge in [-0.2, -0.15) is 0 Å². The molecule has 148 valence electrons. The first-order chi connectivity index (χ1) is 13.5. The van der Waals surface area contributed by atoms with Crippen molar-refractivity contribution in [3.8, 4) is 11.5 Å². The highest BCUT2D eigenvalue weighted by Gasteiger charge is 2.12. The monoisotopic (exact) mass is 424 g/mol. The maximum absolute atomic E-state index is 12.7. The Morgan fingerprint density at radius 1 is 1.25 bits per heavy atom. The highest BCUT2D eigenvalue weighted by molar-refractivity contribution is 7.10. The normalized spacial score (nSPS) is 10.8. The van der Waals surface area contributed by atoms with Crippen LogP contribution in [0, 0.1) is 0 Å². The van der Waals surface area contributed by atoms with Crippen molar-refractivity contribution in [3.63, 3.8) is 0 Å². The molecular weight excluding hydrogens is 408 g/mol. The first-order valence-electron chi connectivity index (χ1n) is 8.27. The SMILES string of the molecule is COc1cc2ncn(CCCC(=O)OCc3nnsc3Cl)c(=O)c2cc1OC. The number of ether oxygens (including phenoxy) is 3. The number of aromatic nitrogens is 4. The highest BCUT2D eigenvalue weighted by atomic mass is 35.5. The van der Waals surface area contributed by atoms with Crippen molar-refractivity contribution in [2.24, 2.45) is 0 Å². The topological polar surface area (TPSA) is 105 Å². The predicted molar refractivity (Wildman–Crippen MR) is 103 cm³/mol. The van der Waals surface area contributed by atoms with Crippen molar-refractivity contribution >= 4 is 40.0 Å². The van der Waals surface area contributed by atoms with E-state index in [1.165, 1.54) is 25.1 Å². The van der Waals surface area contributed by atoms with Gasteiger partial charge in [-0.3, -0.25) is 14.2 Å². The molecule has 0 spiro atoms. The quantitative estimate of drug-likeness (QED) is 0.507. The Bertz CT molecular complexity index is 1050. The number of benzene rings is 1. The lowest BCUT2D eigenvalue weighted by atomic mass is 10.2. The molecule has 0 aliphatic heterocycles. The average Bonchev–Trinajstić information content (AvgIpc) is 3.12. The second-order valence-electron chi connectivity index (χ2n) is 5.73. The van der Waals surface area contributed by atoms with Crippen molar-refractivity contribution in [2.45, 2.75) is 26.0 Å². The van der Waals surface area contributed by atoms with Gasteiger partial charge in [0.2, 0.25) is 0 Å². The second-order valence-corrected chi connectivity index (χ2v) is 7.08. The largest absolute Gasteiger partial charge is 0.493 e. The van der Waals surface area contributed by atoms with E-state index in [0.717, 1.165) is 11.5 Å². The van der Waals surface area contributed by atoms with Gasteiger partial charge in [0.1, 0.15) is 16.6 Å². The summed E-state index contributed by atoms with van der Waals surface area (Å²) in [6, 6.07) is 3.25. The van der Waals surface area contributed by atoms with Gasteiger partial charge in [-0.1, -0.05) is 16.1 Å². The predicted octanol–water partition coefficient (Wildman–Crippen LogP) is 2.44. The molecular formula is C17H17ClN4O5S. The van der Waals surface area contributed by atoms with Crippen LogP contribution in [0.1, 0.15) is 18.5 Å². The molecule has 0 fully saturated rings. The minimum Gasteiger partial charge on any atom is -0.493 e. The summed E-state index contributed by atoms with van der Waals surface area (Å²) < 4.78 is 21.1. The van der Waals surface area contributed by atoms with Crippen LogP contribution in [0.4, 0.5) is 0 Å². The lowest BCUT2D eigenvalue weighted by Gasteiger charge is -2.10. The molecule has 0 radical (unpaired) electrons. The van der Waals surface area contributed by atoms with Crippen molar-refractivity contribution in [2.75, 3.05) is 14.2 Å². The van der Waals surface area contributed by atoms with E-state index >= 15 is 0 Å². The fourth-order valence-electron chi connectivity index (χ4n) is 2.54. The average molecular weight is 425 g/mol. The van der Waals surface area contributed by atoms with Crippen LogP contribution in [-0.2, 0) is 22.7 Å². The number of methoxy groups -OCH3 is 2. The lowest BCUT2D eigenvalue weighted by molar-refractivity contribution is -0.145. The van der Waals surface area contributed by atoms with E-state index in [0.29, 0.717) is 45.4 Å². The number of carbonyl (C=O) groups excluding carboxylic acids is 1. The fraction of sp³-hybridized carbons (Fsp3) is 0.353. The molecule has 28 heavy (non-hydrogen) atoms. The van der Waals surface area contributed by atoms with Gasteiger partial charge in [0, 0.05) is 30.6 Å². The zero-order chi connectivity index (χ0) is 20.1. The van der Waals surface area contributed by atoms with Crippen LogP contribution in [0.15, 0.2) is 23.3 Å². The van der Waals surface area contributed by atoms with Crippen LogP contribution in [0.3, 0.4) is 0 Å². The maximum atomic E-state index is 12.7. The summed E-state index contributed by atoms with van der Waals surface area (Å²) in [6.45, 7) is 0.303. The van der Waals surface area contributed by atoms with Gasteiger partial charge < -0.3 is 14.2 Å². The molecule has 3 aromatic rings. The minimum atomic E-state index is -0.405. The molecule has 0 atom stereocenters. The Balaban J connectivity index is 1.62. The lowest BCUT2D eigenvalue weighted by Crippen LogP contribution is -2.21. The maximum Gasteiger partial charge on any atom is 0.306 e. The molecule has 0 amide bonds. The Labute approximate surface area is 169 Å². The Kier molecular flexibility index (Phi) is 6.42. The Hall–Kier alpha value is -2.72. The van der Waals surface area contributed by atoms with E-state index in [-0.39, 0.29) is 18.6 Å². The summed E-state index contributed by atoms with van der Waals surface area (Å²) in [4.78, 5) is 28.8. The highest BCUT2D eigenvalue weighted by Crippen LogP contribution is 2.29. The Morgan fingerprint density at radius 3 is 2.68 bits per heavy atom. The molecule has 0 saturated carbocycles.